The second-order valence-electron chi connectivity index (χ2n) is 6.93. The van der Waals surface area contributed by atoms with E-state index in [0.717, 1.165) is 37.4 Å². The van der Waals surface area contributed by atoms with E-state index in [1.165, 1.54) is 0 Å². The molecule has 0 radical (unpaired) electrons. The Kier molecular flexibility index (Phi) is 6.70. The first kappa shape index (κ1) is 20.4. The lowest BCUT2D eigenvalue weighted by Gasteiger charge is -2.36. The molecular weight excluding hydrogens is 374 g/mol. The highest BCUT2D eigenvalue weighted by atomic mass is 32.2. The van der Waals surface area contributed by atoms with Gasteiger partial charge in [0.15, 0.2) is 9.84 Å². The molecule has 7 heteroatoms. The van der Waals surface area contributed by atoms with Crippen LogP contribution in [0, 0.1) is 0 Å². The number of rotatable bonds is 7. The zero-order valence-corrected chi connectivity index (χ0v) is 17.0. The lowest BCUT2D eigenvalue weighted by molar-refractivity contribution is -0.129. The first-order valence-electron chi connectivity index (χ1n) is 9.54. The van der Waals surface area contributed by atoms with Gasteiger partial charge >= 0.3 is 0 Å². The van der Waals surface area contributed by atoms with Crippen molar-refractivity contribution >= 4 is 21.4 Å². The molecule has 1 N–H and O–H groups in total. The van der Waals surface area contributed by atoms with Gasteiger partial charge in [-0.05, 0) is 23.8 Å². The molecule has 1 saturated heterocycles. The lowest BCUT2D eigenvalue weighted by atomic mass is 10.1. The molecular formula is C21H27N3O3S. The Bertz CT molecular complexity index is 892. The van der Waals surface area contributed by atoms with Gasteiger partial charge in [-0.1, -0.05) is 36.4 Å². The van der Waals surface area contributed by atoms with Gasteiger partial charge in [0.25, 0.3) is 0 Å². The molecule has 1 amide bonds. The Labute approximate surface area is 167 Å². The second-order valence-corrected chi connectivity index (χ2v) is 9.04. The molecule has 0 bridgehead atoms. The van der Waals surface area contributed by atoms with Crippen LogP contribution in [0.25, 0.3) is 0 Å². The predicted molar refractivity (Wildman–Crippen MR) is 111 cm³/mol. The molecule has 1 aliphatic heterocycles. The number of hydrogen-bond donors (Lipinski definition) is 1. The Balaban J connectivity index is 1.55. The van der Waals surface area contributed by atoms with Gasteiger partial charge in [0, 0.05) is 51.9 Å². The molecule has 0 aliphatic carbocycles. The van der Waals surface area contributed by atoms with Crippen molar-refractivity contribution in [1.82, 2.24) is 10.2 Å². The minimum Gasteiger partial charge on any atom is -0.368 e. The average molecular weight is 402 g/mol. The van der Waals surface area contributed by atoms with E-state index in [1.807, 2.05) is 23.1 Å². The second kappa shape index (κ2) is 9.21. The molecule has 150 valence electrons. The van der Waals surface area contributed by atoms with Crippen LogP contribution in [0.4, 0.5) is 5.69 Å². The van der Waals surface area contributed by atoms with Crippen LogP contribution in [0.5, 0.6) is 0 Å². The summed E-state index contributed by atoms with van der Waals surface area (Å²) in [6, 6.07) is 16.7. The molecule has 28 heavy (non-hydrogen) atoms. The topological polar surface area (TPSA) is 69.7 Å². The molecule has 1 aliphatic rings. The van der Waals surface area contributed by atoms with Crippen molar-refractivity contribution in [3.63, 3.8) is 0 Å². The summed E-state index contributed by atoms with van der Waals surface area (Å²) in [4.78, 5) is 16.0. The van der Waals surface area contributed by atoms with Crippen molar-refractivity contribution in [1.29, 1.82) is 0 Å². The van der Waals surface area contributed by atoms with E-state index in [4.69, 9.17) is 0 Å². The summed E-state index contributed by atoms with van der Waals surface area (Å²) in [6.45, 7) is 5.67. The van der Waals surface area contributed by atoms with Crippen LogP contribution in [-0.4, -0.2) is 57.7 Å². The molecule has 6 nitrogen and oxygen atoms in total. The molecule has 3 rings (SSSR count). The molecule has 1 fully saturated rings. The van der Waals surface area contributed by atoms with E-state index in [2.05, 4.69) is 22.3 Å². The van der Waals surface area contributed by atoms with Gasteiger partial charge in [-0.2, -0.15) is 0 Å². The van der Waals surface area contributed by atoms with Crippen molar-refractivity contribution in [3.8, 4) is 0 Å². The third kappa shape index (κ3) is 5.11. The summed E-state index contributed by atoms with van der Waals surface area (Å²) in [5.74, 6) is 0.186. The van der Waals surface area contributed by atoms with E-state index in [0.29, 0.717) is 18.0 Å². The normalized spacial score (nSPS) is 14.9. The van der Waals surface area contributed by atoms with Crippen LogP contribution in [0.15, 0.2) is 59.5 Å². The summed E-state index contributed by atoms with van der Waals surface area (Å²) in [5, 5.41) is 3.26. The highest BCUT2D eigenvalue weighted by Crippen LogP contribution is 2.22. The lowest BCUT2D eigenvalue weighted by Crippen LogP contribution is -2.48. The van der Waals surface area contributed by atoms with Crippen LogP contribution < -0.4 is 10.2 Å². The van der Waals surface area contributed by atoms with E-state index < -0.39 is 9.84 Å². The van der Waals surface area contributed by atoms with Gasteiger partial charge in [-0.15, -0.1) is 0 Å². The molecule has 0 saturated carbocycles. The van der Waals surface area contributed by atoms with Crippen molar-refractivity contribution in [2.24, 2.45) is 0 Å². The maximum absolute atomic E-state index is 12.4. The number of carbonyl (C=O) groups is 1. The third-order valence-electron chi connectivity index (χ3n) is 5.02. The zero-order chi connectivity index (χ0) is 20.0. The van der Waals surface area contributed by atoms with Crippen LogP contribution in [0.2, 0.25) is 0 Å². The maximum Gasteiger partial charge on any atom is 0.219 e. The highest BCUT2D eigenvalue weighted by Gasteiger charge is 2.20. The number of benzene rings is 2. The molecule has 0 spiro atoms. The Morgan fingerprint density at radius 2 is 1.61 bits per heavy atom. The number of nitrogens with zero attached hydrogens (tertiary/aromatic N) is 2. The van der Waals surface area contributed by atoms with Gasteiger partial charge in [0.1, 0.15) is 0 Å². The first-order chi connectivity index (χ1) is 13.5. The van der Waals surface area contributed by atoms with Crippen LogP contribution in [0.3, 0.4) is 0 Å². The van der Waals surface area contributed by atoms with Crippen LogP contribution in [0.1, 0.15) is 12.5 Å². The van der Waals surface area contributed by atoms with Gasteiger partial charge in [-0.25, -0.2) is 8.42 Å². The fraction of sp³-hybridized carbons (Fsp3) is 0.381. The van der Waals surface area contributed by atoms with Gasteiger partial charge in [0.05, 0.1) is 10.6 Å². The largest absolute Gasteiger partial charge is 0.368 e. The predicted octanol–water partition coefficient (Wildman–Crippen LogP) is 1.92. The minimum atomic E-state index is -3.27. The van der Waals surface area contributed by atoms with Gasteiger partial charge < -0.3 is 15.1 Å². The molecule has 1 heterocycles. The van der Waals surface area contributed by atoms with Crippen molar-refractivity contribution in [2.75, 3.05) is 43.4 Å². The number of sulfone groups is 1. The van der Waals surface area contributed by atoms with E-state index in [9.17, 15) is 13.2 Å². The number of carbonyl (C=O) groups excluding carboxylic acids is 1. The number of hydrogen-bond acceptors (Lipinski definition) is 5. The Hall–Kier alpha value is -2.38. The van der Waals surface area contributed by atoms with Gasteiger partial charge in [-0.3, -0.25) is 4.79 Å². The van der Waals surface area contributed by atoms with E-state index >= 15 is 0 Å². The van der Waals surface area contributed by atoms with Crippen LogP contribution in [-0.2, 0) is 21.2 Å². The van der Waals surface area contributed by atoms with Crippen LogP contribution >= 0.6 is 0 Å². The molecule has 0 unspecified atom stereocenters. The summed E-state index contributed by atoms with van der Waals surface area (Å²) < 4.78 is 24.7. The number of amides is 1. The summed E-state index contributed by atoms with van der Waals surface area (Å²) in [7, 11) is -3.27. The summed E-state index contributed by atoms with van der Waals surface area (Å²) >= 11 is 0. The number of nitrogens with one attached hydrogen (secondary N) is 1. The maximum atomic E-state index is 12.4. The molecule has 0 atom stereocenters. The van der Waals surface area contributed by atoms with Crippen molar-refractivity contribution in [3.05, 3.63) is 60.2 Å². The fourth-order valence-corrected chi connectivity index (χ4v) is 4.63. The molecule has 0 aromatic heterocycles. The third-order valence-corrected chi connectivity index (χ3v) is 6.75. The smallest absolute Gasteiger partial charge is 0.219 e. The van der Waals surface area contributed by atoms with E-state index in [1.54, 1.807) is 31.2 Å². The monoisotopic (exact) mass is 401 g/mol. The molecule has 2 aromatic rings. The highest BCUT2D eigenvalue weighted by molar-refractivity contribution is 7.91. The number of para-hydroxylation sites is 1. The molecule has 2 aromatic carbocycles. The van der Waals surface area contributed by atoms with Crippen molar-refractivity contribution in [2.45, 2.75) is 18.4 Å². The standard InChI is InChI=1S/C21H27N3O3S/c1-18(25)23-12-14-24(15-13-23)21-10-6-5-7-19(21)17-22-11-16-28(26,27)20-8-3-2-4-9-20/h2-10,22H,11-17H2,1H3. The Morgan fingerprint density at radius 1 is 0.964 bits per heavy atom. The first-order valence-corrected chi connectivity index (χ1v) is 11.2. The minimum absolute atomic E-state index is 0.0659. The Morgan fingerprint density at radius 3 is 2.29 bits per heavy atom. The van der Waals surface area contributed by atoms with Crippen molar-refractivity contribution < 1.29 is 13.2 Å². The van der Waals surface area contributed by atoms with E-state index in [-0.39, 0.29) is 11.7 Å². The zero-order valence-electron chi connectivity index (χ0n) is 16.2. The average Bonchev–Trinajstić information content (AvgIpc) is 2.72. The SMILES string of the molecule is CC(=O)N1CCN(c2ccccc2CNCCS(=O)(=O)c2ccccc2)CC1. The summed E-state index contributed by atoms with van der Waals surface area (Å²) in [6.07, 6.45) is 0. The van der Waals surface area contributed by atoms with Gasteiger partial charge in [0.2, 0.25) is 5.91 Å². The summed E-state index contributed by atoms with van der Waals surface area (Å²) in [5.41, 5.74) is 2.28. The number of anilines is 1. The number of piperazine rings is 1. The quantitative estimate of drug-likeness (QED) is 0.718. The fourth-order valence-electron chi connectivity index (χ4n) is 3.41.